The molecule has 34 heavy (non-hydrogen) atoms. The number of nitro groups is 1. The van der Waals surface area contributed by atoms with Crippen molar-refractivity contribution in [2.75, 3.05) is 26.2 Å². The Bertz CT molecular complexity index is 1210. The van der Waals surface area contributed by atoms with E-state index in [4.69, 9.17) is 27.9 Å². The summed E-state index contributed by atoms with van der Waals surface area (Å²) in [6.45, 7) is 2.96. The van der Waals surface area contributed by atoms with E-state index in [1.165, 1.54) is 10.9 Å². The van der Waals surface area contributed by atoms with Crippen LogP contribution in [0, 0.1) is 15.9 Å². The van der Waals surface area contributed by atoms with Gasteiger partial charge in [0.25, 0.3) is 5.91 Å². The third-order valence-corrected chi connectivity index (χ3v) is 6.12. The summed E-state index contributed by atoms with van der Waals surface area (Å²) in [5.41, 5.74) is 0.922. The van der Waals surface area contributed by atoms with Crippen molar-refractivity contribution in [3.8, 4) is 5.75 Å². The highest BCUT2D eigenvalue weighted by Crippen LogP contribution is 2.28. The molecule has 0 spiro atoms. The topological polar surface area (TPSA) is 93.7 Å². The molecule has 2 heterocycles. The lowest BCUT2D eigenvalue weighted by Gasteiger charge is -2.34. The number of piperazine rings is 1. The molecule has 0 N–H and O–H groups in total. The van der Waals surface area contributed by atoms with Crippen LogP contribution in [0.15, 0.2) is 48.7 Å². The van der Waals surface area contributed by atoms with Gasteiger partial charge in [0, 0.05) is 51.1 Å². The number of nitrogens with zero attached hydrogens (tertiary/aromatic N) is 5. The van der Waals surface area contributed by atoms with Gasteiger partial charge in [-0.15, -0.1) is 0 Å². The van der Waals surface area contributed by atoms with Crippen LogP contribution >= 0.6 is 23.2 Å². The maximum absolute atomic E-state index is 13.4. The summed E-state index contributed by atoms with van der Waals surface area (Å²) in [4.78, 5) is 27.2. The molecule has 1 aromatic heterocycles. The molecular weight excluding hydrogens is 488 g/mol. The zero-order valence-electron chi connectivity index (χ0n) is 17.9. The standard InChI is InChI=1S/C22H20Cl2FN5O4/c23-17-3-1-15(11-18(17)24)13-27-7-9-28(10-8-27)22(31)19-5-6-29(26-19)14-34-21-12-16(25)2-4-20(21)30(32)33/h1-6,11-12H,7-10,13-14H2. The van der Waals surface area contributed by atoms with Crippen LogP contribution in [-0.4, -0.2) is 56.6 Å². The molecule has 1 saturated heterocycles. The summed E-state index contributed by atoms with van der Waals surface area (Å²) in [6.07, 6.45) is 1.53. The minimum absolute atomic E-state index is 0.213. The molecule has 0 radical (unpaired) electrons. The van der Waals surface area contributed by atoms with E-state index in [0.29, 0.717) is 42.8 Å². The fourth-order valence-electron chi connectivity index (χ4n) is 3.60. The Morgan fingerprint density at radius 1 is 1.09 bits per heavy atom. The number of hydrogen-bond donors (Lipinski definition) is 0. The summed E-state index contributed by atoms with van der Waals surface area (Å²) >= 11 is 12.1. The number of amides is 1. The first-order valence-corrected chi connectivity index (χ1v) is 11.1. The second-order valence-corrected chi connectivity index (χ2v) is 8.51. The average molecular weight is 508 g/mol. The molecule has 1 amide bonds. The van der Waals surface area contributed by atoms with Crippen molar-refractivity contribution in [1.29, 1.82) is 0 Å². The number of halogens is 3. The Morgan fingerprint density at radius 2 is 1.85 bits per heavy atom. The number of aromatic nitrogens is 2. The van der Waals surface area contributed by atoms with E-state index < -0.39 is 10.7 Å². The smallest absolute Gasteiger partial charge is 0.311 e. The lowest BCUT2D eigenvalue weighted by Crippen LogP contribution is -2.48. The van der Waals surface area contributed by atoms with Gasteiger partial charge in [0.15, 0.2) is 12.4 Å². The number of ether oxygens (including phenoxy) is 1. The van der Waals surface area contributed by atoms with Crippen LogP contribution in [-0.2, 0) is 13.3 Å². The Hall–Kier alpha value is -3.21. The van der Waals surface area contributed by atoms with Gasteiger partial charge in [-0.25, -0.2) is 9.07 Å². The molecule has 4 rings (SSSR count). The molecule has 1 fully saturated rings. The second-order valence-electron chi connectivity index (χ2n) is 7.70. The SMILES string of the molecule is O=C(c1ccn(COc2cc(F)ccc2[N+](=O)[O-])n1)N1CCN(Cc2ccc(Cl)c(Cl)c2)CC1. The van der Waals surface area contributed by atoms with Crippen molar-refractivity contribution in [3.05, 3.63) is 85.9 Å². The fraction of sp³-hybridized carbons (Fsp3) is 0.273. The van der Waals surface area contributed by atoms with E-state index in [-0.39, 0.29) is 29.8 Å². The molecule has 0 atom stereocenters. The molecule has 9 nitrogen and oxygen atoms in total. The summed E-state index contributed by atoms with van der Waals surface area (Å²) in [5, 5.41) is 16.3. The Labute approximate surface area is 204 Å². The molecule has 178 valence electrons. The van der Waals surface area contributed by atoms with E-state index in [2.05, 4.69) is 10.00 Å². The zero-order chi connectivity index (χ0) is 24.2. The lowest BCUT2D eigenvalue weighted by molar-refractivity contribution is -0.386. The van der Waals surface area contributed by atoms with Gasteiger partial charge in [-0.1, -0.05) is 29.3 Å². The van der Waals surface area contributed by atoms with Gasteiger partial charge < -0.3 is 9.64 Å². The maximum atomic E-state index is 13.4. The third kappa shape index (κ3) is 5.64. The number of benzene rings is 2. The predicted molar refractivity (Wildman–Crippen MR) is 124 cm³/mol. The Morgan fingerprint density at radius 3 is 2.56 bits per heavy atom. The summed E-state index contributed by atoms with van der Waals surface area (Å²) in [6, 6.07) is 10.0. The predicted octanol–water partition coefficient (Wildman–Crippen LogP) is 4.23. The second kappa shape index (κ2) is 10.4. The van der Waals surface area contributed by atoms with Gasteiger partial charge >= 0.3 is 5.69 Å². The quantitative estimate of drug-likeness (QED) is 0.350. The largest absolute Gasteiger partial charge is 0.464 e. The van der Waals surface area contributed by atoms with Crippen LogP contribution in [0.4, 0.5) is 10.1 Å². The summed E-state index contributed by atoms with van der Waals surface area (Å²) in [7, 11) is 0. The lowest BCUT2D eigenvalue weighted by atomic mass is 10.2. The minimum atomic E-state index is -0.659. The first-order chi connectivity index (χ1) is 16.3. The fourth-order valence-corrected chi connectivity index (χ4v) is 3.93. The third-order valence-electron chi connectivity index (χ3n) is 5.38. The highest BCUT2D eigenvalue weighted by Gasteiger charge is 2.24. The Balaban J connectivity index is 1.31. The number of nitro benzene ring substituents is 1. The molecule has 0 aliphatic carbocycles. The highest BCUT2D eigenvalue weighted by atomic mass is 35.5. The molecule has 2 aromatic carbocycles. The van der Waals surface area contributed by atoms with Crippen LogP contribution in [0.3, 0.4) is 0 Å². The summed E-state index contributed by atoms with van der Waals surface area (Å²) < 4.78 is 20.1. The maximum Gasteiger partial charge on any atom is 0.311 e. The van der Waals surface area contributed by atoms with E-state index >= 15 is 0 Å². The molecule has 0 unspecified atom stereocenters. The van der Waals surface area contributed by atoms with Crippen LogP contribution in [0.2, 0.25) is 10.0 Å². The van der Waals surface area contributed by atoms with Crippen molar-refractivity contribution in [2.45, 2.75) is 13.3 Å². The van der Waals surface area contributed by atoms with Gasteiger partial charge in [-0.3, -0.25) is 19.8 Å². The monoisotopic (exact) mass is 507 g/mol. The van der Waals surface area contributed by atoms with Crippen LogP contribution in [0.25, 0.3) is 0 Å². The van der Waals surface area contributed by atoms with E-state index in [9.17, 15) is 19.3 Å². The van der Waals surface area contributed by atoms with Gasteiger partial charge in [0.05, 0.1) is 15.0 Å². The summed E-state index contributed by atoms with van der Waals surface area (Å²) in [5.74, 6) is -1.09. The van der Waals surface area contributed by atoms with Gasteiger partial charge in [-0.2, -0.15) is 5.10 Å². The van der Waals surface area contributed by atoms with Gasteiger partial charge in [0.1, 0.15) is 5.82 Å². The molecule has 1 aliphatic rings. The van der Waals surface area contributed by atoms with Gasteiger partial charge in [0.2, 0.25) is 5.75 Å². The highest BCUT2D eigenvalue weighted by molar-refractivity contribution is 6.42. The number of rotatable bonds is 7. The minimum Gasteiger partial charge on any atom is -0.464 e. The van der Waals surface area contributed by atoms with E-state index in [1.807, 2.05) is 12.1 Å². The van der Waals surface area contributed by atoms with Crippen LogP contribution in [0.1, 0.15) is 16.1 Å². The molecule has 3 aromatic rings. The average Bonchev–Trinajstić information content (AvgIpc) is 3.29. The number of carbonyl (C=O) groups is 1. The molecule has 0 bridgehead atoms. The molecule has 1 aliphatic heterocycles. The van der Waals surface area contributed by atoms with Crippen molar-refractivity contribution in [3.63, 3.8) is 0 Å². The normalized spacial score (nSPS) is 14.3. The first kappa shape index (κ1) is 23.9. The van der Waals surface area contributed by atoms with Crippen molar-refractivity contribution >= 4 is 34.8 Å². The number of hydrogen-bond acceptors (Lipinski definition) is 6. The molecule has 0 saturated carbocycles. The number of carbonyl (C=O) groups excluding carboxylic acids is 1. The Kier molecular flexibility index (Phi) is 7.30. The van der Waals surface area contributed by atoms with Gasteiger partial charge in [-0.05, 0) is 29.8 Å². The molecular formula is C22H20Cl2FN5O4. The van der Waals surface area contributed by atoms with Crippen molar-refractivity contribution in [2.24, 2.45) is 0 Å². The van der Waals surface area contributed by atoms with E-state index in [0.717, 1.165) is 23.8 Å². The molecule has 12 heteroatoms. The van der Waals surface area contributed by atoms with Crippen molar-refractivity contribution < 1.29 is 18.8 Å². The van der Waals surface area contributed by atoms with E-state index in [1.54, 1.807) is 17.0 Å². The van der Waals surface area contributed by atoms with Crippen LogP contribution in [0.5, 0.6) is 5.75 Å². The first-order valence-electron chi connectivity index (χ1n) is 10.4. The van der Waals surface area contributed by atoms with Crippen molar-refractivity contribution in [1.82, 2.24) is 19.6 Å². The van der Waals surface area contributed by atoms with Crippen LogP contribution < -0.4 is 4.74 Å². The zero-order valence-corrected chi connectivity index (χ0v) is 19.4.